The highest BCUT2D eigenvalue weighted by molar-refractivity contribution is 5.93. The van der Waals surface area contributed by atoms with E-state index in [4.69, 9.17) is 13.9 Å². The Balaban J connectivity index is 1.59. The lowest BCUT2D eigenvalue weighted by atomic mass is 10.1. The first-order valence-electron chi connectivity index (χ1n) is 10.5. The van der Waals surface area contributed by atoms with Gasteiger partial charge in [-0.3, -0.25) is 14.9 Å². The number of nitrogens with zero attached hydrogens (tertiary/aromatic N) is 5. The average Bonchev–Trinajstić information content (AvgIpc) is 3.35. The van der Waals surface area contributed by atoms with E-state index in [0.29, 0.717) is 5.69 Å². The van der Waals surface area contributed by atoms with Crippen LogP contribution in [0.2, 0.25) is 0 Å². The van der Waals surface area contributed by atoms with Gasteiger partial charge in [-0.1, -0.05) is 0 Å². The van der Waals surface area contributed by atoms with Crippen LogP contribution < -0.4 is 20.5 Å². The van der Waals surface area contributed by atoms with Gasteiger partial charge in [0, 0.05) is 18.3 Å². The van der Waals surface area contributed by atoms with E-state index in [1.54, 1.807) is 12.1 Å². The van der Waals surface area contributed by atoms with Crippen LogP contribution in [0.5, 0.6) is 11.5 Å². The van der Waals surface area contributed by atoms with Crippen LogP contribution in [0.3, 0.4) is 0 Å². The highest BCUT2D eigenvalue weighted by Crippen LogP contribution is 2.38. The Morgan fingerprint density at radius 3 is 2.57 bits per heavy atom. The normalized spacial score (nSPS) is 11.0. The molecule has 0 spiro atoms. The summed E-state index contributed by atoms with van der Waals surface area (Å²) in [5.41, 5.74) is 1.66. The van der Waals surface area contributed by atoms with Gasteiger partial charge >= 0.3 is 5.76 Å². The molecule has 0 saturated heterocycles. The predicted octanol–water partition coefficient (Wildman–Crippen LogP) is 2.75. The maximum Gasteiger partial charge on any atom is 0.437 e. The van der Waals surface area contributed by atoms with Crippen LogP contribution in [0, 0.1) is 17.0 Å². The van der Waals surface area contributed by atoms with E-state index in [1.807, 2.05) is 24.5 Å². The number of nitrogens with one attached hydrogen (secondary N) is 1. The zero-order valence-corrected chi connectivity index (χ0v) is 19.4. The smallest absolute Gasteiger partial charge is 0.437 e. The number of anilines is 1. The number of imidazole rings is 1. The van der Waals surface area contributed by atoms with Gasteiger partial charge in [-0.25, -0.2) is 9.78 Å². The van der Waals surface area contributed by atoms with E-state index in [2.05, 4.69) is 15.4 Å². The molecule has 1 amide bonds. The minimum Gasteiger partial charge on any atom is -0.493 e. The number of carbonyl (C=O) groups excluding carboxylic acids is 1. The molecule has 0 aliphatic heterocycles. The quantitative estimate of drug-likeness (QED) is 0.294. The highest BCUT2D eigenvalue weighted by Gasteiger charge is 2.25. The van der Waals surface area contributed by atoms with Crippen LogP contribution in [0.15, 0.2) is 39.5 Å². The second kappa shape index (κ2) is 9.29. The number of methoxy groups -OCH3 is 2. The summed E-state index contributed by atoms with van der Waals surface area (Å²) in [4.78, 5) is 40.3. The second-order valence-electron chi connectivity index (χ2n) is 7.47. The monoisotopic (exact) mass is 482 g/mol. The number of aromatic nitrogens is 4. The third-order valence-electron chi connectivity index (χ3n) is 5.37. The molecule has 0 aliphatic rings. The topological polar surface area (TPSA) is 157 Å². The number of amides is 1. The summed E-state index contributed by atoms with van der Waals surface area (Å²) in [6.07, 6.45) is 0. The molecule has 0 aliphatic carbocycles. The summed E-state index contributed by atoms with van der Waals surface area (Å²) >= 11 is 0. The van der Waals surface area contributed by atoms with E-state index in [-0.39, 0.29) is 23.0 Å². The molecular formula is C22H22N6O7. The average molecular weight is 482 g/mol. The molecule has 0 atom stereocenters. The highest BCUT2D eigenvalue weighted by atomic mass is 16.6. The van der Waals surface area contributed by atoms with Crippen LogP contribution in [0.1, 0.15) is 12.7 Å². The largest absolute Gasteiger partial charge is 0.493 e. The van der Waals surface area contributed by atoms with Gasteiger partial charge in [0.25, 0.3) is 11.6 Å². The van der Waals surface area contributed by atoms with Crippen molar-refractivity contribution in [3.63, 3.8) is 0 Å². The third-order valence-corrected chi connectivity index (χ3v) is 5.37. The van der Waals surface area contributed by atoms with Crippen molar-refractivity contribution in [3.05, 3.63) is 56.8 Å². The molecule has 2 heterocycles. The summed E-state index contributed by atoms with van der Waals surface area (Å²) < 4.78 is 18.2. The van der Waals surface area contributed by atoms with Crippen molar-refractivity contribution in [2.45, 2.75) is 26.9 Å². The van der Waals surface area contributed by atoms with Gasteiger partial charge in [-0.05, 0) is 32.0 Å². The van der Waals surface area contributed by atoms with Gasteiger partial charge in [-0.2, -0.15) is 4.68 Å². The number of carbonyl (C=O) groups is 1. The number of hydrogen-bond acceptors (Lipinski definition) is 9. The summed E-state index contributed by atoms with van der Waals surface area (Å²) in [6.45, 7) is 4.22. The van der Waals surface area contributed by atoms with E-state index in [1.165, 1.54) is 20.3 Å². The summed E-state index contributed by atoms with van der Waals surface area (Å²) in [5.74, 6) is -0.666. The Kier molecular flexibility index (Phi) is 6.23. The SMILES string of the molecule is CCn1c(C)nc2cc(NC(=O)Cn3nc(-c4cc(OC)c(OC)cc4[N+](=O)[O-])oc3=O)ccc21. The first-order valence-corrected chi connectivity index (χ1v) is 10.5. The van der Waals surface area contributed by atoms with Crippen molar-refractivity contribution in [1.82, 2.24) is 19.3 Å². The van der Waals surface area contributed by atoms with Crippen molar-refractivity contribution in [1.29, 1.82) is 0 Å². The van der Waals surface area contributed by atoms with E-state index in [9.17, 15) is 19.7 Å². The van der Waals surface area contributed by atoms with Crippen molar-refractivity contribution >= 4 is 28.3 Å². The number of rotatable bonds is 8. The molecule has 13 heteroatoms. The van der Waals surface area contributed by atoms with Gasteiger partial charge in [0.1, 0.15) is 17.9 Å². The van der Waals surface area contributed by atoms with Crippen LogP contribution in [-0.4, -0.2) is 44.4 Å². The summed E-state index contributed by atoms with van der Waals surface area (Å²) in [5, 5.41) is 18.2. The molecule has 0 fully saturated rings. The first-order chi connectivity index (χ1) is 16.7. The Morgan fingerprint density at radius 1 is 1.20 bits per heavy atom. The molecule has 0 unspecified atom stereocenters. The Bertz CT molecular complexity index is 1500. The molecule has 0 saturated carbocycles. The zero-order chi connectivity index (χ0) is 25.3. The lowest BCUT2D eigenvalue weighted by Gasteiger charge is -2.08. The third kappa shape index (κ3) is 4.43. The van der Waals surface area contributed by atoms with Gasteiger partial charge in [0.05, 0.1) is 36.2 Å². The van der Waals surface area contributed by atoms with Crippen LogP contribution in [0.25, 0.3) is 22.5 Å². The lowest BCUT2D eigenvalue weighted by Crippen LogP contribution is -2.25. The molecule has 4 aromatic rings. The lowest BCUT2D eigenvalue weighted by molar-refractivity contribution is -0.384. The Morgan fingerprint density at radius 2 is 1.91 bits per heavy atom. The summed E-state index contributed by atoms with van der Waals surface area (Å²) in [6, 6.07) is 7.73. The molecular weight excluding hydrogens is 460 g/mol. The molecule has 35 heavy (non-hydrogen) atoms. The maximum atomic E-state index is 12.6. The first kappa shape index (κ1) is 23.5. The molecule has 182 valence electrons. The van der Waals surface area contributed by atoms with E-state index in [0.717, 1.165) is 34.2 Å². The predicted molar refractivity (Wildman–Crippen MR) is 125 cm³/mol. The molecule has 1 N–H and O–H groups in total. The van der Waals surface area contributed by atoms with E-state index >= 15 is 0 Å². The fraction of sp³-hybridized carbons (Fsp3) is 0.273. The minimum atomic E-state index is -0.952. The van der Waals surface area contributed by atoms with Crippen molar-refractivity contribution in [3.8, 4) is 23.0 Å². The Labute approximate surface area is 198 Å². The van der Waals surface area contributed by atoms with Gasteiger partial charge in [-0.15, -0.1) is 5.10 Å². The number of benzene rings is 2. The van der Waals surface area contributed by atoms with E-state index < -0.39 is 28.8 Å². The number of nitro benzene ring substituents is 1. The number of ether oxygens (including phenoxy) is 2. The molecule has 0 bridgehead atoms. The van der Waals surface area contributed by atoms with Gasteiger partial charge in [0.15, 0.2) is 11.5 Å². The van der Waals surface area contributed by atoms with Crippen molar-refractivity contribution < 1.29 is 23.6 Å². The van der Waals surface area contributed by atoms with Gasteiger partial charge in [0.2, 0.25) is 5.91 Å². The number of nitro groups is 1. The Hall–Kier alpha value is -4.68. The summed E-state index contributed by atoms with van der Waals surface area (Å²) in [7, 11) is 2.70. The molecule has 13 nitrogen and oxygen atoms in total. The van der Waals surface area contributed by atoms with Crippen LogP contribution in [0.4, 0.5) is 11.4 Å². The maximum absolute atomic E-state index is 12.6. The number of fused-ring (bicyclic) bond motifs is 1. The van der Waals surface area contributed by atoms with Crippen LogP contribution in [-0.2, 0) is 17.9 Å². The fourth-order valence-electron chi connectivity index (χ4n) is 3.77. The van der Waals surface area contributed by atoms with Crippen molar-refractivity contribution in [2.75, 3.05) is 19.5 Å². The van der Waals surface area contributed by atoms with Crippen molar-refractivity contribution in [2.24, 2.45) is 0 Å². The fourth-order valence-corrected chi connectivity index (χ4v) is 3.77. The standard InChI is InChI=1S/C22H22N6O7/c1-5-26-12(2)23-15-8-13(6-7-16(15)26)24-20(29)11-27-22(30)35-21(25-27)14-9-18(33-3)19(34-4)10-17(14)28(31)32/h6-10H,5,11H2,1-4H3,(H,24,29). The molecule has 2 aromatic heterocycles. The second-order valence-corrected chi connectivity index (χ2v) is 7.47. The zero-order valence-electron chi connectivity index (χ0n) is 19.4. The number of aryl methyl sites for hydroxylation is 2. The molecule has 2 aromatic carbocycles. The molecule has 4 rings (SSSR count). The number of hydrogen-bond donors (Lipinski definition) is 1. The van der Waals surface area contributed by atoms with Gasteiger partial charge < -0.3 is 23.8 Å². The van der Waals surface area contributed by atoms with Crippen LogP contribution >= 0.6 is 0 Å². The minimum absolute atomic E-state index is 0.101. The molecule has 0 radical (unpaired) electrons.